The number of benzene rings is 1. The van der Waals surface area contributed by atoms with E-state index in [1.165, 1.54) is 5.56 Å². The summed E-state index contributed by atoms with van der Waals surface area (Å²) in [5.74, 6) is -0.111. The van der Waals surface area contributed by atoms with E-state index in [1.54, 1.807) is 0 Å². The number of ketones is 1. The summed E-state index contributed by atoms with van der Waals surface area (Å²) in [6.07, 6.45) is 3.10. The summed E-state index contributed by atoms with van der Waals surface area (Å²) >= 11 is 0. The largest absolute Gasteiger partial charge is 0.382 e. The second-order valence-corrected chi connectivity index (χ2v) is 6.40. The van der Waals surface area contributed by atoms with Gasteiger partial charge in [0.05, 0.1) is 0 Å². The fraction of sp³-hybridized carbons (Fsp3) is 0.562. The Hall–Kier alpha value is -1.15. The molecule has 1 saturated carbocycles. The van der Waals surface area contributed by atoms with Crippen molar-refractivity contribution in [1.82, 2.24) is 0 Å². The molecule has 1 aromatic rings. The standard InChI is InChI=1S/C16H22O2/c1-15(2,3)13-8-6-12(7-9-13)14(17)16(18)10-4-5-11-16/h6-9,18H,4-5,10-11H2,1-3H3. The highest BCUT2D eigenvalue weighted by Gasteiger charge is 2.39. The number of rotatable bonds is 2. The third-order valence-corrected chi connectivity index (χ3v) is 3.87. The molecule has 0 radical (unpaired) electrons. The molecule has 1 N–H and O–H groups in total. The van der Waals surface area contributed by atoms with Crippen LogP contribution in [0.25, 0.3) is 0 Å². The van der Waals surface area contributed by atoms with Gasteiger partial charge in [0.2, 0.25) is 0 Å². The number of Topliss-reactive ketones (excluding diaryl/α,β-unsaturated/α-hetero) is 1. The minimum Gasteiger partial charge on any atom is -0.382 e. The molecule has 0 amide bonds. The van der Waals surface area contributed by atoms with Crippen molar-refractivity contribution < 1.29 is 9.90 Å². The van der Waals surface area contributed by atoms with Gasteiger partial charge in [-0.25, -0.2) is 0 Å². The molecule has 2 heteroatoms. The maximum absolute atomic E-state index is 12.3. The van der Waals surface area contributed by atoms with E-state index in [9.17, 15) is 9.90 Å². The van der Waals surface area contributed by atoms with Gasteiger partial charge in [0.25, 0.3) is 0 Å². The van der Waals surface area contributed by atoms with E-state index in [4.69, 9.17) is 0 Å². The summed E-state index contributed by atoms with van der Waals surface area (Å²) in [5.41, 5.74) is 0.819. The lowest BCUT2D eigenvalue weighted by molar-refractivity contribution is 0.0353. The van der Waals surface area contributed by atoms with Gasteiger partial charge in [-0.05, 0) is 36.7 Å². The van der Waals surface area contributed by atoms with Gasteiger partial charge in [0, 0.05) is 5.56 Å². The highest BCUT2D eigenvalue weighted by Crippen LogP contribution is 2.33. The summed E-state index contributed by atoms with van der Waals surface area (Å²) in [6, 6.07) is 7.68. The summed E-state index contributed by atoms with van der Waals surface area (Å²) in [5, 5.41) is 10.3. The van der Waals surface area contributed by atoms with Gasteiger partial charge in [-0.3, -0.25) is 4.79 Å². The van der Waals surface area contributed by atoms with Crippen LogP contribution in [-0.2, 0) is 5.41 Å². The van der Waals surface area contributed by atoms with Crippen LogP contribution in [0.5, 0.6) is 0 Å². The van der Waals surface area contributed by atoms with Crippen molar-refractivity contribution in [3.63, 3.8) is 0 Å². The molecule has 0 saturated heterocycles. The lowest BCUT2D eigenvalue weighted by atomic mass is 9.85. The van der Waals surface area contributed by atoms with Gasteiger partial charge in [-0.2, -0.15) is 0 Å². The average molecular weight is 246 g/mol. The van der Waals surface area contributed by atoms with Crippen molar-refractivity contribution in [2.75, 3.05) is 0 Å². The fourth-order valence-corrected chi connectivity index (χ4v) is 2.58. The van der Waals surface area contributed by atoms with Crippen LogP contribution in [0.3, 0.4) is 0 Å². The van der Waals surface area contributed by atoms with Crippen LogP contribution >= 0.6 is 0 Å². The molecule has 0 aromatic heterocycles. The topological polar surface area (TPSA) is 37.3 Å². The van der Waals surface area contributed by atoms with Gasteiger partial charge in [0.15, 0.2) is 5.78 Å². The summed E-state index contributed by atoms with van der Waals surface area (Å²) in [6.45, 7) is 6.44. The van der Waals surface area contributed by atoms with Crippen molar-refractivity contribution in [2.24, 2.45) is 0 Å². The molecule has 98 valence electrons. The Kier molecular flexibility index (Phi) is 3.33. The molecule has 0 bridgehead atoms. The van der Waals surface area contributed by atoms with Crippen molar-refractivity contribution >= 4 is 5.78 Å². The van der Waals surface area contributed by atoms with Crippen LogP contribution < -0.4 is 0 Å². The van der Waals surface area contributed by atoms with Crippen LogP contribution in [-0.4, -0.2) is 16.5 Å². The van der Waals surface area contributed by atoms with E-state index in [1.807, 2.05) is 24.3 Å². The maximum atomic E-state index is 12.3. The monoisotopic (exact) mass is 246 g/mol. The molecule has 18 heavy (non-hydrogen) atoms. The molecule has 0 spiro atoms. The number of carbonyl (C=O) groups excluding carboxylic acids is 1. The van der Waals surface area contributed by atoms with E-state index in [0.29, 0.717) is 18.4 Å². The quantitative estimate of drug-likeness (QED) is 0.811. The minimum absolute atomic E-state index is 0.0891. The van der Waals surface area contributed by atoms with E-state index in [0.717, 1.165) is 12.8 Å². The molecule has 2 nitrogen and oxygen atoms in total. The zero-order valence-electron chi connectivity index (χ0n) is 11.5. The molecular weight excluding hydrogens is 224 g/mol. The Morgan fingerprint density at radius 2 is 1.61 bits per heavy atom. The van der Waals surface area contributed by atoms with Crippen LogP contribution in [0.2, 0.25) is 0 Å². The predicted octanol–water partition coefficient (Wildman–Crippen LogP) is 3.47. The molecule has 1 aromatic carbocycles. The first-order valence-corrected chi connectivity index (χ1v) is 6.71. The number of aliphatic hydroxyl groups is 1. The second kappa shape index (κ2) is 4.51. The molecular formula is C16H22O2. The molecule has 0 unspecified atom stereocenters. The van der Waals surface area contributed by atoms with E-state index in [-0.39, 0.29) is 11.2 Å². The Morgan fingerprint density at radius 3 is 2.06 bits per heavy atom. The van der Waals surface area contributed by atoms with Crippen LogP contribution in [0.15, 0.2) is 24.3 Å². The predicted molar refractivity (Wildman–Crippen MR) is 72.9 cm³/mol. The lowest BCUT2D eigenvalue weighted by Gasteiger charge is -2.22. The Morgan fingerprint density at radius 1 is 1.11 bits per heavy atom. The van der Waals surface area contributed by atoms with E-state index in [2.05, 4.69) is 20.8 Å². The Labute approximate surface area is 109 Å². The number of carbonyl (C=O) groups is 1. The smallest absolute Gasteiger partial charge is 0.194 e. The lowest BCUT2D eigenvalue weighted by Crippen LogP contribution is -2.35. The third kappa shape index (κ3) is 2.49. The molecule has 0 aliphatic heterocycles. The van der Waals surface area contributed by atoms with Crippen LogP contribution in [0.1, 0.15) is 62.4 Å². The zero-order chi connectivity index (χ0) is 13.4. The Bertz CT molecular complexity index is 431. The molecule has 1 aliphatic carbocycles. The maximum Gasteiger partial charge on any atom is 0.194 e. The number of hydrogen-bond donors (Lipinski definition) is 1. The third-order valence-electron chi connectivity index (χ3n) is 3.87. The summed E-state index contributed by atoms with van der Waals surface area (Å²) in [7, 11) is 0. The van der Waals surface area contributed by atoms with Crippen molar-refractivity contribution in [3.8, 4) is 0 Å². The highest BCUT2D eigenvalue weighted by atomic mass is 16.3. The SMILES string of the molecule is CC(C)(C)c1ccc(C(=O)C2(O)CCCC2)cc1. The minimum atomic E-state index is -1.11. The number of hydrogen-bond acceptors (Lipinski definition) is 2. The Balaban J connectivity index is 2.22. The molecule has 1 fully saturated rings. The first-order valence-electron chi connectivity index (χ1n) is 6.71. The van der Waals surface area contributed by atoms with Crippen molar-refractivity contribution in [2.45, 2.75) is 57.5 Å². The summed E-state index contributed by atoms with van der Waals surface area (Å²) in [4.78, 5) is 12.3. The van der Waals surface area contributed by atoms with Crippen LogP contribution in [0.4, 0.5) is 0 Å². The van der Waals surface area contributed by atoms with Gasteiger partial charge in [-0.1, -0.05) is 45.0 Å². The van der Waals surface area contributed by atoms with E-state index >= 15 is 0 Å². The normalized spacial score (nSPS) is 18.9. The van der Waals surface area contributed by atoms with Crippen molar-refractivity contribution in [3.05, 3.63) is 35.4 Å². The molecule has 0 heterocycles. The first-order chi connectivity index (χ1) is 8.33. The van der Waals surface area contributed by atoms with Gasteiger partial charge in [0.1, 0.15) is 5.60 Å². The van der Waals surface area contributed by atoms with Gasteiger partial charge >= 0.3 is 0 Å². The van der Waals surface area contributed by atoms with Gasteiger partial charge in [-0.15, -0.1) is 0 Å². The highest BCUT2D eigenvalue weighted by molar-refractivity contribution is 6.02. The molecule has 0 atom stereocenters. The zero-order valence-corrected chi connectivity index (χ0v) is 11.5. The first kappa shape index (κ1) is 13.3. The second-order valence-electron chi connectivity index (χ2n) is 6.40. The molecule has 2 rings (SSSR count). The van der Waals surface area contributed by atoms with Gasteiger partial charge < -0.3 is 5.11 Å². The fourth-order valence-electron chi connectivity index (χ4n) is 2.58. The van der Waals surface area contributed by atoms with E-state index < -0.39 is 5.60 Å². The van der Waals surface area contributed by atoms with Crippen LogP contribution in [0, 0.1) is 0 Å². The summed E-state index contributed by atoms with van der Waals surface area (Å²) < 4.78 is 0. The average Bonchev–Trinajstić information content (AvgIpc) is 2.75. The molecule has 1 aliphatic rings. The van der Waals surface area contributed by atoms with Crippen molar-refractivity contribution in [1.29, 1.82) is 0 Å².